The topological polar surface area (TPSA) is 167 Å². The van der Waals surface area contributed by atoms with Gasteiger partial charge in [0.15, 0.2) is 0 Å². The number of aromatic hydroxyl groups is 1. The van der Waals surface area contributed by atoms with Crippen molar-refractivity contribution in [2.24, 2.45) is 11.5 Å². The Balaban J connectivity index is 0.000000384. The van der Waals surface area contributed by atoms with Crippen LogP contribution in [0.4, 0.5) is 0 Å². The van der Waals surface area contributed by atoms with Crippen molar-refractivity contribution in [1.29, 1.82) is 0 Å². The van der Waals surface area contributed by atoms with Gasteiger partial charge in [0.05, 0.1) is 6.10 Å². The molecule has 1 rings (SSSR count). The van der Waals surface area contributed by atoms with Crippen LogP contribution in [0.3, 0.4) is 0 Å². The van der Waals surface area contributed by atoms with Gasteiger partial charge in [0.1, 0.15) is 11.8 Å². The molecule has 0 amide bonds. The summed E-state index contributed by atoms with van der Waals surface area (Å²) >= 11 is 0. The summed E-state index contributed by atoms with van der Waals surface area (Å²) in [5.41, 5.74) is 11.0. The van der Waals surface area contributed by atoms with E-state index in [0.29, 0.717) is 0 Å². The molecule has 0 radical (unpaired) electrons. The van der Waals surface area contributed by atoms with Gasteiger partial charge in [-0.15, -0.1) is 0 Å². The predicted molar refractivity (Wildman–Crippen MR) is 74.6 cm³/mol. The van der Waals surface area contributed by atoms with Crippen molar-refractivity contribution in [3.8, 4) is 5.75 Å². The highest BCUT2D eigenvalue weighted by atomic mass is 16.4. The number of carboxylic acids is 2. The number of benzene rings is 1. The summed E-state index contributed by atoms with van der Waals surface area (Å²) in [6.45, 7) is 0.199. The average Bonchev–Trinajstić information content (AvgIpc) is 2.45. The SMILES string of the molecule is NC(CCC(=O)O)C(=O)O.NCC(O)c1ccc(O)cc1. The van der Waals surface area contributed by atoms with Gasteiger partial charge in [-0.05, 0) is 24.1 Å². The van der Waals surface area contributed by atoms with E-state index in [9.17, 15) is 14.7 Å². The van der Waals surface area contributed by atoms with E-state index in [-0.39, 0.29) is 25.1 Å². The molecule has 0 aliphatic carbocycles. The van der Waals surface area contributed by atoms with Gasteiger partial charge in [0.25, 0.3) is 0 Å². The molecule has 0 saturated heterocycles. The van der Waals surface area contributed by atoms with E-state index in [1.165, 1.54) is 12.1 Å². The summed E-state index contributed by atoms with van der Waals surface area (Å²) in [6, 6.07) is 5.28. The van der Waals surface area contributed by atoms with Crippen molar-refractivity contribution in [2.75, 3.05) is 6.54 Å². The number of phenols is 1. The molecule has 0 aliphatic rings. The fourth-order valence-corrected chi connectivity index (χ4v) is 1.24. The molecule has 21 heavy (non-hydrogen) atoms. The number of rotatable bonds is 6. The van der Waals surface area contributed by atoms with E-state index in [0.717, 1.165) is 5.56 Å². The number of phenolic OH excluding ortho intramolecular Hbond substituents is 1. The fourth-order valence-electron chi connectivity index (χ4n) is 1.24. The lowest BCUT2D eigenvalue weighted by Gasteiger charge is -2.06. The maximum atomic E-state index is 9.99. The Morgan fingerprint density at radius 2 is 1.67 bits per heavy atom. The molecular weight excluding hydrogens is 280 g/mol. The van der Waals surface area contributed by atoms with Crippen molar-refractivity contribution in [1.82, 2.24) is 0 Å². The zero-order chi connectivity index (χ0) is 16.4. The lowest BCUT2D eigenvalue weighted by molar-refractivity contribution is -0.139. The molecule has 0 bridgehead atoms. The minimum atomic E-state index is -1.17. The summed E-state index contributed by atoms with van der Waals surface area (Å²) in [5.74, 6) is -2.00. The third-order valence-corrected chi connectivity index (χ3v) is 2.49. The first-order valence-corrected chi connectivity index (χ1v) is 6.15. The van der Waals surface area contributed by atoms with Gasteiger partial charge in [0, 0.05) is 13.0 Å². The summed E-state index contributed by atoms with van der Waals surface area (Å²) in [4.78, 5) is 19.9. The number of nitrogens with two attached hydrogens (primary N) is 2. The largest absolute Gasteiger partial charge is 0.508 e. The van der Waals surface area contributed by atoms with E-state index < -0.39 is 24.1 Å². The van der Waals surface area contributed by atoms with Gasteiger partial charge in [-0.1, -0.05) is 12.1 Å². The third kappa shape index (κ3) is 8.58. The quantitative estimate of drug-likeness (QED) is 0.414. The van der Waals surface area contributed by atoms with Crippen LogP contribution in [0.1, 0.15) is 24.5 Å². The molecule has 2 atom stereocenters. The van der Waals surface area contributed by atoms with Crippen LogP contribution in [0.25, 0.3) is 0 Å². The second-order valence-corrected chi connectivity index (χ2v) is 4.22. The number of hydrogen-bond acceptors (Lipinski definition) is 6. The first-order chi connectivity index (χ1) is 9.77. The second-order valence-electron chi connectivity index (χ2n) is 4.22. The Kier molecular flexibility index (Phi) is 8.70. The zero-order valence-corrected chi connectivity index (χ0v) is 11.3. The standard InChI is InChI=1S/C8H11NO2.C5H9NO4/c9-5-8(11)6-1-3-7(10)4-2-6;6-3(5(9)10)1-2-4(7)8/h1-4,8,10-11H,5,9H2;3H,1-2,6H2,(H,7,8)(H,9,10). The van der Waals surface area contributed by atoms with E-state index in [4.69, 9.17) is 26.8 Å². The molecule has 0 aliphatic heterocycles. The van der Waals surface area contributed by atoms with E-state index in [1.807, 2.05) is 0 Å². The van der Waals surface area contributed by atoms with Crippen molar-refractivity contribution in [2.45, 2.75) is 25.0 Å². The van der Waals surface area contributed by atoms with Crippen LogP contribution in [-0.4, -0.2) is 45.0 Å². The molecule has 0 heterocycles. The minimum absolute atomic E-state index is 0.0231. The van der Waals surface area contributed by atoms with Crippen molar-refractivity contribution < 1.29 is 30.0 Å². The van der Waals surface area contributed by atoms with Crippen molar-refractivity contribution >= 4 is 11.9 Å². The maximum absolute atomic E-state index is 9.99. The average molecular weight is 300 g/mol. The Morgan fingerprint density at radius 1 is 1.14 bits per heavy atom. The van der Waals surface area contributed by atoms with Crippen LogP contribution in [0.5, 0.6) is 5.75 Å². The van der Waals surface area contributed by atoms with Gasteiger partial charge in [0.2, 0.25) is 0 Å². The Labute approximate surface area is 121 Å². The van der Waals surface area contributed by atoms with Gasteiger partial charge >= 0.3 is 11.9 Å². The van der Waals surface area contributed by atoms with Crippen molar-refractivity contribution in [3.05, 3.63) is 29.8 Å². The summed E-state index contributed by atoms with van der Waals surface area (Å²) in [6.07, 6.45) is -0.853. The highest BCUT2D eigenvalue weighted by molar-refractivity contribution is 5.74. The lowest BCUT2D eigenvalue weighted by Crippen LogP contribution is -2.30. The number of aliphatic hydroxyl groups is 1. The van der Waals surface area contributed by atoms with Gasteiger partial charge in [-0.2, -0.15) is 0 Å². The van der Waals surface area contributed by atoms with Crippen LogP contribution in [0, 0.1) is 0 Å². The highest BCUT2D eigenvalue weighted by Crippen LogP contribution is 2.15. The number of carbonyl (C=O) groups is 2. The van der Waals surface area contributed by atoms with Gasteiger partial charge in [-0.25, -0.2) is 0 Å². The second kappa shape index (κ2) is 9.70. The molecule has 8 nitrogen and oxygen atoms in total. The number of hydrogen-bond donors (Lipinski definition) is 6. The number of carboxylic acid groups (broad SMARTS) is 2. The van der Waals surface area contributed by atoms with Crippen LogP contribution in [0.15, 0.2) is 24.3 Å². The summed E-state index contributed by atoms with van der Waals surface area (Å²) in [5, 5.41) is 34.4. The van der Waals surface area contributed by atoms with Gasteiger partial charge < -0.3 is 31.9 Å². The normalized spacial score (nSPS) is 12.7. The molecule has 0 saturated carbocycles. The molecule has 0 spiro atoms. The molecule has 2 unspecified atom stereocenters. The molecule has 0 aromatic heterocycles. The van der Waals surface area contributed by atoms with E-state index >= 15 is 0 Å². The molecule has 0 fully saturated rings. The molecule has 118 valence electrons. The third-order valence-electron chi connectivity index (χ3n) is 2.49. The first kappa shape index (κ1) is 18.8. The fraction of sp³-hybridized carbons (Fsp3) is 0.385. The zero-order valence-electron chi connectivity index (χ0n) is 11.3. The summed E-state index contributed by atoms with van der Waals surface area (Å²) in [7, 11) is 0. The van der Waals surface area contributed by atoms with Crippen molar-refractivity contribution in [3.63, 3.8) is 0 Å². The first-order valence-electron chi connectivity index (χ1n) is 6.15. The van der Waals surface area contributed by atoms with E-state index in [1.54, 1.807) is 12.1 Å². The maximum Gasteiger partial charge on any atom is 0.320 e. The molecule has 1 aromatic rings. The minimum Gasteiger partial charge on any atom is -0.508 e. The van der Waals surface area contributed by atoms with E-state index in [2.05, 4.69) is 0 Å². The highest BCUT2D eigenvalue weighted by Gasteiger charge is 2.12. The Hall–Kier alpha value is -2.16. The molecule has 8 N–H and O–H groups in total. The van der Waals surface area contributed by atoms with Crippen LogP contribution < -0.4 is 11.5 Å². The Bertz CT molecular complexity index is 448. The number of aliphatic hydroxyl groups excluding tert-OH is 1. The van der Waals surface area contributed by atoms with Crippen LogP contribution >= 0.6 is 0 Å². The molecule has 8 heteroatoms. The predicted octanol–water partition coefficient (Wildman–Crippen LogP) is -0.353. The lowest BCUT2D eigenvalue weighted by atomic mass is 10.1. The van der Waals surface area contributed by atoms with Gasteiger partial charge in [-0.3, -0.25) is 9.59 Å². The Morgan fingerprint density at radius 3 is 2.05 bits per heavy atom. The summed E-state index contributed by atoms with van der Waals surface area (Å²) < 4.78 is 0. The molecular formula is C13H20N2O6. The van der Waals surface area contributed by atoms with Crippen LogP contribution in [0.2, 0.25) is 0 Å². The number of aliphatic carboxylic acids is 2. The smallest absolute Gasteiger partial charge is 0.320 e. The van der Waals surface area contributed by atoms with Crippen LogP contribution in [-0.2, 0) is 9.59 Å². The monoisotopic (exact) mass is 300 g/mol. The molecule has 1 aromatic carbocycles.